The standard InChI is InChI=1S/C33H37N5O5/c1-32(2,20-43-33(3,4)24-13-15-34-16-14-24)23-6-8-25(9-7-23)36-31(42)35-18-21-5-10-26-22(17-21)19-38(30(26)41)27-11-12-28(39)37-29(27)40/h5-10,13-17,27H,11-12,18-20H2,1-4H3,(H2,35,36,42)(H,37,39,40). The van der Waals surface area contributed by atoms with Crippen molar-refractivity contribution in [1.82, 2.24) is 20.5 Å². The molecule has 1 aromatic heterocycles. The zero-order valence-corrected chi connectivity index (χ0v) is 24.9. The minimum absolute atomic E-state index is 0.209. The number of fused-ring (bicyclic) bond motifs is 1. The van der Waals surface area contributed by atoms with E-state index in [4.69, 9.17) is 4.74 Å². The van der Waals surface area contributed by atoms with Crippen LogP contribution in [0.4, 0.5) is 10.5 Å². The number of amides is 5. The second-order valence-corrected chi connectivity index (χ2v) is 12.2. The van der Waals surface area contributed by atoms with Crippen LogP contribution in [0.25, 0.3) is 0 Å². The molecule has 3 aromatic rings. The van der Waals surface area contributed by atoms with Crippen molar-refractivity contribution in [2.75, 3.05) is 11.9 Å². The lowest BCUT2D eigenvalue weighted by molar-refractivity contribution is -0.136. The van der Waals surface area contributed by atoms with Gasteiger partial charge in [-0.15, -0.1) is 0 Å². The Bertz CT molecular complexity index is 1530. The molecule has 2 aliphatic heterocycles. The monoisotopic (exact) mass is 583 g/mol. The highest BCUT2D eigenvalue weighted by Gasteiger charge is 2.39. The zero-order valence-electron chi connectivity index (χ0n) is 24.9. The first-order chi connectivity index (χ1) is 20.4. The van der Waals surface area contributed by atoms with E-state index in [9.17, 15) is 19.2 Å². The van der Waals surface area contributed by atoms with Crippen LogP contribution in [0.1, 0.15) is 73.1 Å². The minimum Gasteiger partial charge on any atom is -0.370 e. The highest BCUT2D eigenvalue weighted by molar-refractivity contribution is 6.05. The van der Waals surface area contributed by atoms with Crippen LogP contribution in [0.2, 0.25) is 0 Å². The number of pyridine rings is 1. The molecule has 0 radical (unpaired) electrons. The van der Waals surface area contributed by atoms with Crippen LogP contribution in [-0.2, 0) is 38.4 Å². The van der Waals surface area contributed by atoms with Gasteiger partial charge in [-0.3, -0.25) is 24.7 Å². The highest BCUT2D eigenvalue weighted by atomic mass is 16.5. The summed E-state index contributed by atoms with van der Waals surface area (Å²) in [6, 6.07) is 16.0. The number of anilines is 1. The Balaban J connectivity index is 1.13. The molecule has 5 amide bonds. The molecule has 1 saturated heterocycles. The Morgan fingerprint density at radius 1 is 1.00 bits per heavy atom. The fraction of sp³-hybridized carbons (Fsp3) is 0.364. The van der Waals surface area contributed by atoms with Crippen molar-refractivity contribution >= 4 is 29.4 Å². The van der Waals surface area contributed by atoms with E-state index in [1.807, 2.05) is 56.3 Å². The third-order valence-electron chi connectivity index (χ3n) is 8.13. The molecule has 0 spiro atoms. The number of urea groups is 1. The van der Waals surface area contributed by atoms with E-state index in [1.54, 1.807) is 24.5 Å². The number of nitrogens with one attached hydrogen (secondary N) is 3. The summed E-state index contributed by atoms with van der Waals surface area (Å²) in [5.74, 6) is -0.980. The number of piperidine rings is 1. The molecule has 224 valence electrons. The van der Waals surface area contributed by atoms with Gasteiger partial charge in [0.25, 0.3) is 5.91 Å². The second-order valence-electron chi connectivity index (χ2n) is 12.2. The molecule has 1 fully saturated rings. The summed E-state index contributed by atoms with van der Waals surface area (Å²) in [6.07, 6.45) is 4.05. The Hall–Kier alpha value is -4.57. The van der Waals surface area contributed by atoms with E-state index in [0.717, 1.165) is 22.3 Å². The number of hydrogen-bond acceptors (Lipinski definition) is 6. The van der Waals surface area contributed by atoms with Crippen LogP contribution >= 0.6 is 0 Å². The number of rotatable bonds is 9. The van der Waals surface area contributed by atoms with Crippen molar-refractivity contribution in [3.63, 3.8) is 0 Å². The summed E-state index contributed by atoms with van der Waals surface area (Å²) in [5.41, 5.74) is 4.25. The van der Waals surface area contributed by atoms with Crippen molar-refractivity contribution < 1.29 is 23.9 Å². The molecule has 5 rings (SSSR count). The summed E-state index contributed by atoms with van der Waals surface area (Å²) in [6.45, 7) is 9.40. The first-order valence-electron chi connectivity index (χ1n) is 14.4. The van der Waals surface area contributed by atoms with Gasteiger partial charge < -0.3 is 20.3 Å². The zero-order chi connectivity index (χ0) is 30.8. The number of benzene rings is 2. The maximum Gasteiger partial charge on any atom is 0.319 e. The van der Waals surface area contributed by atoms with E-state index in [1.165, 1.54) is 4.90 Å². The Labute approximate surface area is 251 Å². The van der Waals surface area contributed by atoms with Gasteiger partial charge in [0.05, 0.1) is 12.2 Å². The van der Waals surface area contributed by atoms with Gasteiger partial charge in [0.2, 0.25) is 11.8 Å². The van der Waals surface area contributed by atoms with Crippen molar-refractivity contribution in [2.24, 2.45) is 0 Å². The van der Waals surface area contributed by atoms with Crippen molar-refractivity contribution in [3.05, 3.63) is 94.8 Å². The fourth-order valence-electron chi connectivity index (χ4n) is 5.38. The van der Waals surface area contributed by atoms with Crippen LogP contribution in [0.15, 0.2) is 67.0 Å². The number of carbonyl (C=O) groups excluding carboxylic acids is 4. The summed E-state index contributed by atoms with van der Waals surface area (Å²) in [4.78, 5) is 54.9. The largest absolute Gasteiger partial charge is 0.370 e. The van der Waals surface area contributed by atoms with E-state index >= 15 is 0 Å². The number of nitrogens with zero attached hydrogens (tertiary/aromatic N) is 2. The average molecular weight is 584 g/mol. The first kappa shape index (κ1) is 29.9. The lowest BCUT2D eigenvalue weighted by Gasteiger charge is -2.32. The SMILES string of the molecule is CC(C)(COC(C)(C)c1ccncc1)c1ccc(NC(=O)NCc2ccc3c(c2)CN(C2CCC(=O)NC2=O)C3=O)cc1. The Morgan fingerprint density at radius 2 is 1.72 bits per heavy atom. The summed E-state index contributed by atoms with van der Waals surface area (Å²) >= 11 is 0. The molecule has 0 aliphatic carbocycles. The maximum atomic E-state index is 12.9. The van der Waals surface area contributed by atoms with Gasteiger partial charge in [0, 0.05) is 48.6 Å². The van der Waals surface area contributed by atoms with E-state index in [2.05, 4.69) is 34.8 Å². The molecule has 3 N–H and O–H groups in total. The summed E-state index contributed by atoms with van der Waals surface area (Å²) in [5, 5.41) is 8.03. The molecule has 0 bridgehead atoms. The molecular weight excluding hydrogens is 546 g/mol. The predicted octanol–water partition coefficient (Wildman–Crippen LogP) is 4.39. The highest BCUT2D eigenvalue weighted by Crippen LogP contribution is 2.31. The normalized spacial score (nSPS) is 17.0. The lowest BCUT2D eigenvalue weighted by atomic mass is 9.85. The van der Waals surface area contributed by atoms with Gasteiger partial charge in [-0.2, -0.15) is 0 Å². The van der Waals surface area contributed by atoms with Crippen LogP contribution in [0.3, 0.4) is 0 Å². The number of ether oxygens (including phenoxy) is 1. The predicted molar refractivity (Wildman–Crippen MR) is 161 cm³/mol. The van der Waals surface area contributed by atoms with Gasteiger partial charge in [0.1, 0.15) is 6.04 Å². The average Bonchev–Trinajstić information content (AvgIpc) is 3.31. The molecular formula is C33H37N5O5. The minimum atomic E-state index is -0.659. The number of carbonyl (C=O) groups is 4. The molecule has 10 heteroatoms. The van der Waals surface area contributed by atoms with Crippen molar-refractivity contribution in [1.29, 1.82) is 0 Å². The number of aromatic nitrogens is 1. The quantitative estimate of drug-likeness (QED) is 0.321. The van der Waals surface area contributed by atoms with Crippen LogP contribution in [-0.4, -0.2) is 46.3 Å². The smallest absolute Gasteiger partial charge is 0.319 e. The molecule has 1 unspecified atom stereocenters. The van der Waals surface area contributed by atoms with Crippen LogP contribution in [0, 0.1) is 0 Å². The Morgan fingerprint density at radius 3 is 2.42 bits per heavy atom. The third-order valence-corrected chi connectivity index (χ3v) is 8.13. The van der Waals surface area contributed by atoms with Gasteiger partial charge in [-0.25, -0.2) is 4.79 Å². The van der Waals surface area contributed by atoms with E-state index < -0.39 is 17.6 Å². The van der Waals surface area contributed by atoms with Crippen LogP contribution in [0.5, 0.6) is 0 Å². The second kappa shape index (κ2) is 12.0. The maximum absolute atomic E-state index is 12.9. The molecule has 1 atom stereocenters. The third kappa shape index (κ3) is 6.75. The summed E-state index contributed by atoms with van der Waals surface area (Å²) in [7, 11) is 0. The van der Waals surface area contributed by atoms with Gasteiger partial charge in [-0.1, -0.05) is 38.1 Å². The molecule has 2 aromatic carbocycles. The van der Waals surface area contributed by atoms with E-state index in [-0.39, 0.29) is 42.8 Å². The van der Waals surface area contributed by atoms with Gasteiger partial charge >= 0.3 is 6.03 Å². The molecule has 3 heterocycles. The summed E-state index contributed by atoms with van der Waals surface area (Å²) < 4.78 is 6.32. The number of hydrogen-bond donors (Lipinski definition) is 3. The first-order valence-corrected chi connectivity index (χ1v) is 14.4. The van der Waals surface area contributed by atoms with Crippen molar-refractivity contribution in [3.8, 4) is 0 Å². The van der Waals surface area contributed by atoms with Crippen LogP contribution < -0.4 is 16.0 Å². The molecule has 43 heavy (non-hydrogen) atoms. The molecule has 0 saturated carbocycles. The number of imide groups is 1. The van der Waals surface area contributed by atoms with Gasteiger partial charge in [0.15, 0.2) is 0 Å². The molecule has 10 nitrogen and oxygen atoms in total. The van der Waals surface area contributed by atoms with E-state index in [0.29, 0.717) is 24.3 Å². The Kier molecular flexibility index (Phi) is 8.32. The van der Waals surface area contributed by atoms with Crippen molar-refractivity contribution in [2.45, 2.75) is 70.7 Å². The fourth-order valence-corrected chi connectivity index (χ4v) is 5.38. The topological polar surface area (TPSA) is 130 Å². The lowest BCUT2D eigenvalue weighted by Crippen LogP contribution is -2.52. The van der Waals surface area contributed by atoms with Gasteiger partial charge in [-0.05, 0) is 72.9 Å². The molecule has 2 aliphatic rings.